The number of nitrogens with two attached hydrogens (primary N) is 1. The van der Waals surface area contributed by atoms with Gasteiger partial charge in [0.1, 0.15) is 5.75 Å². The number of benzene rings is 2. The third kappa shape index (κ3) is 2.88. The van der Waals surface area contributed by atoms with Crippen molar-refractivity contribution in [2.75, 3.05) is 5.73 Å². The molecule has 0 spiro atoms. The van der Waals surface area contributed by atoms with E-state index in [1.807, 2.05) is 24.3 Å². The lowest BCUT2D eigenvalue weighted by Gasteiger charge is -2.14. The molecule has 5 heteroatoms. The third-order valence-electron chi connectivity index (χ3n) is 2.97. The number of rotatable bonds is 4. The van der Waals surface area contributed by atoms with Crippen LogP contribution in [0.3, 0.4) is 0 Å². The maximum absolute atomic E-state index is 10.7. The van der Waals surface area contributed by atoms with Gasteiger partial charge in [-0.15, -0.1) is 0 Å². The minimum atomic E-state index is -0.484. The molecule has 0 bridgehead atoms. The SMILES string of the molecule is CC(C)c1ccccc1Oc1ccc([N+](=O)[O-])cc1N. The van der Waals surface area contributed by atoms with Gasteiger partial charge in [0.15, 0.2) is 5.75 Å². The van der Waals surface area contributed by atoms with Gasteiger partial charge in [-0.05, 0) is 23.6 Å². The van der Waals surface area contributed by atoms with Crippen LogP contribution in [-0.4, -0.2) is 4.92 Å². The highest BCUT2D eigenvalue weighted by molar-refractivity contribution is 5.59. The molecule has 2 rings (SSSR count). The summed E-state index contributed by atoms with van der Waals surface area (Å²) in [5, 5.41) is 10.7. The van der Waals surface area contributed by atoms with E-state index < -0.39 is 4.92 Å². The fourth-order valence-corrected chi connectivity index (χ4v) is 1.91. The first-order valence-corrected chi connectivity index (χ1v) is 6.29. The second kappa shape index (κ2) is 5.61. The molecule has 0 amide bonds. The first-order valence-electron chi connectivity index (χ1n) is 6.29. The lowest BCUT2D eigenvalue weighted by Crippen LogP contribution is -1.97. The van der Waals surface area contributed by atoms with Crippen LogP contribution < -0.4 is 10.5 Å². The Morgan fingerprint density at radius 1 is 1.15 bits per heavy atom. The number of ether oxygens (including phenoxy) is 1. The summed E-state index contributed by atoms with van der Waals surface area (Å²) in [7, 11) is 0. The van der Waals surface area contributed by atoms with Crippen molar-refractivity contribution in [3.05, 3.63) is 58.1 Å². The van der Waals surface area contributed by atoms with Crippen molar-refractivity contribution in [1.29, 1.82) is 0 Å². The number of nitrogens with zero attached hydrogens (tertiary/aromatic N) is 1. The van der Waals surface area contributed by atoms with Crippen LogP contribution in [0.1, 0.15) is 25.3 Å². The molecule has 104 valence electrons. The highest BCUT2D eigenvalue weighted by Crippen LogP contribution is 2.34. The lowest BCUT2D eigenvalue weighted by atomic mass is 10.0. The molecule has 0 saturated carbocycles. The van der Waals surface area contributed by atoms with E-state index in [4.69, 9.17) is 10.5 Å². The van der Waals surface area contributed by atoms with E-state index in [-0.39, 0.29) is 11.4 Å². The fraction of sp³-hybridized carbons (Fsp3) is 0.200. The summed E-state index contributed by atoms with van der Waals surface area (Å²) in [5.41, 5.74) is 7.06. The molecule has 0 radical (unpaired) electrons. The number of nitro groups is 1. The first-order chi connectivity index (χ1) is 9.49. The summed E-state index contributed by atoms with van der Waals surface area (Å²) >= 11 is 0. The number of para-hydroxylation sites is 1. The molecule has 0 aliphatic carbocycles. The molecule has 20 heavy (non-hydrogen) atoms. The van der Waals surface area contributed by atoms with E-state index >= 15 is 0 Å². The number of nitrogen functional groups attached to an aromatic ring is 1. The second-order valence-corrected chi connectivity index (χ2v) is 4.77. The maximum Gasteiger partial charge on any atom is 0.271 e. The predicted molar refractivity (Wildman–Crippen MR) is 78.1 cm³/mol. The van der Waals surface area contributed by atoms with Crippen LogP contribution in [0.4, 0.5) is 11.4 Å². The van der Waals surface area contributed by atoms with Gasteiger partial charge in [0.25, 0.3) is 5.69 Å². The van der Waals surface area contributed by atoms with Crippen LogP contribution in [0.25, 0.3) is 0 Å². The summed E-state index contributed by atoms with van der Waals surface area (Å²) in [5.74, 6) is 1.44. The van der Waals surface area contributed by atoms with Crippen molar-refractivity contribution >= 4 is 11.4 Å². The van der Waals surface area contributed by atoms with E-state index in [9.17, 15) is 10.1 Å². The molecular weight excluding hydrogens is 256 g/mol. The van der Waals surface area contributed by atoms with Gasteiger partial charge in [-0.3, -0.25) is 10.1 Å². The first kappa shape index (κ1) is 13.9. The van der Waals surface area contributed by atoms with Gasteiger partial charge in [-0.1, -0.05) is 32.0 Å². The molecule has 0 atom stereocenters. The molecule has 5 nitrogen and oxygen atoms in total. The van der Waals surface area contributed by atoms with Crippen LogP contribution in [0.15, 0.2) is 42.5 Å². The molecule has 0 saturated heterocycles. The predicted octanol–water partition coefficient (Wildman–Crippen LogP) is 4.09. The Morgan fingerprint density at radius 2 is 1.85 bits per heavy atom. The van der Waals surface area contributed by atoms with Crippen molar-refractivity contribution in [2.24, 2.45) is 0 Å². The minimum absolute atomic E-state index is 0.0491. The Morgan fingerprint density at radius 3 is 2.45 bits per heavy atom. The van der Waals surface area contributed by atoms with Gasteiger partial charge < -0.3 is 10.5 Å². The van der Waals surface area contributed by atoms with Crippen molar-refractivity contribution in [3.63, 3.8) is 0 Å². The summed E-state index contributed by atoms with van der Waals surface area (Å²) in [6.07, 6.45) is 0. The Labute approximate surface area is 117 Å². The topological polar surface area (TPSA) is 78.4 Å². The lowest BCUT2D eigenvalue weighted by molar-refractivity contribution is -0.384. The van der Waals surface area contributed by atoms with E-state index in [0.717, 1.165) is 5.56 Å². The van der Waals surface area contributed by atoms with E-state index in [1.165, 1.54) is 18.2 Å². The van der Waals surface area contributed by atoms with Gasteiger partial charge in [-0.2, -0.15) is 0 Å². The molecule has 0 fully saturated rings. The van der Waals surface area contributed by atoms with Gasteiger partial charge in [0.2, 0.25) is 0 Å². The average molecular weight is 272 g/mol. The summed E-state index contributed by atoms with van der Waals surface area (Å²) < 4.78 is 5.79. The highest BCUT2D eigenvalue weighted by atomic mass is 16.6. The molecule has 0 unspecified atom stereocenters. The number of hydrogen-bond acceptors (Lipinski definition) is 4. The summed E-state index contributed by atoms with van der Waals surface area (Å²) in [4.78, 5) is 10.2. The zero-order valence-electron chi connectivity index (χ0n) is 11.4. The molecule has 0 aromatic heterocycles. The zero-order chi connectivity index (χ0) is 14.7. The smallest absolute Gasteiger partial charge is 0.271 e. The van der Waals surface area contributed by atoms with Crippen LogP contribution in [0.2, 0.25) is 0 Å². The van der Waals surface area contributed by atoms with E-state index in [0.29, 0.717) is 17.4 Å². The Hall–Kier alpha value is -2.56. The van der Waals surface area contributed by atoms with E-state index in [2.05, 4.69) is 13.8 Å². The molecule has 2 aromatic carbocycles. The van der Waals surface area contributed by atoms with Crippen LogP contribution in [0, 0.1) is 10.1 Å². The van der Waals surface area contributed by atoms with Crippen LogP contribution >= 0.6 is 0 Å². The monoisotopic (exact) mass is 272 g/mol. The largest absolute Gasteiger partial charge is 0.455 e. The standard InChI is InChI=1S/C15H16N2O3/c1-10(2)12-5-3-4-6-14(12)20-15-8-7-11(17(18)19)9-13(15)16/h3-10H,16H2,1-2H3. The Bertz CT molecular complexity index is 639. The average Bonchev–Trinajstić information content (AvgIpc) is 2.41. The minimum Gasteiger partial charge on any atom is -0.455 e. The van der Waals surface area contributed by atoms with Gasteiger partial charge in [0.05, 0.1) is 10.6 Å². The number of non-ortho nitro benzene ring substituents is 1. The molecular formula is C15H16N2O3. The summed E-state index contributed by atoms with van der Waals surface area (Å²) in [6, 6.07) is 11.9. The molecule has 2 N–H and O–H groups in total. The molecule has 0 aliphatic rings. The van der Waals surface area contributed by atoms with Gasteiger partial charge in [0, 0.05) is 12.1 Å². The van der Waals surface area contributed by atoms with Crippen molar-refractivity contribution in [3.8, 4) is 11.5 Å². The Kier molecular flexibility index (Phi) is 3.89. The quantitative estimate of drug-likeness (QED) is 0.516. The summed E-state index contributed by atoms with van der Waals surface area (Å²) in [6.45, 7) is 4.14. The maximum atomic E-state index is 10.7. The number of anilines is 1. The van der Waals surface area contributed by atoms with Crippen molar-refractivity contribution in [2.45, 2.75) is 19.8 Å². The normalized spacial score (nSPS) is 10.6. The number of hydrogen-bond donors (Lipinski definition) is 1. The van der Waals surface area contributed by atoms with Crippen LogP contribution in [-0.2, 0) is 0 Å². The number of nitro benzene ring substituents is 1. The van der Waals surface area contributed by atoms with Crippen LogP contribution in [0.5, 0.6) is 11.5 Å². The molecule has 0 aliphatic heterocycles. The van der Waals surface area contributed by atoms with Gasteiger partial charge >= 0.3 is 0 Å². The second-order valence-electron chi connectivity index (χ2n) is 4.77. The third-order valence-corrected chi connectivity index (χ3v) is 2.97. The van der Waals surface area contributed by atoms with E-state index in [1.54, 1.807) is 0 Å². The molecule has 0 heterocycles. The van der Waals surface area contributed by atoms with Gasteiger partial charge in [-0.25, -0.2) is 0 Å². The van der Waals surface area contributed by atoms with Crippen molar-refractivity contribution in [1.82, 2.24) is 0 Å². The zero-order valence-corrected chi connectivity index (χ0v) is 11.4. The Balaban J connectivity index is 2.33. The fourth-order valence-electron chi connectivity index (χ4n) is 1.91. The highest BCUT2D eigenvalue weighted by Gasteiger charge is 2.12. The molecule has 2 aromatic rings. The van der Waals surface area contributed by atoms with Crippen molar-refractivity contribution < 1.29 is 9.66 Å².